The van der Waals surface area contributed by atoms with E-state index in [2.05, 4.69) is 25.3 Å². The van der Waals surface area contributed by atoms with Crippen LogP contribution in [-0.4, -0.2) is 62.2 Å². The third kappa shape index (κ3) is 7.22. The fourth-order valence-electron chi connectivity index (χ4n) is 2.78. The van der Waals surface area contributed by atoms with Gasteiger partial charge in [-0.3, -0.25) is 4.99 Å². The number of hydrogen-bond donors (Lipinski definition) is 3. The molecule has 0 bridgehead atoms. The molecule has 0 aromatic carbocycles. The Morgan fingerprint density at radius 3 is 2.89 bits per heavy atom. The largest absolute Gasteiger partial charge is 0.468 e. The third-order valence-corrected chi connectivity index (χ3v) is 4.32. The van der Waals surface area contributed by atoms with Crippen molar-refractivity contribution in [1.82, 2.24) is 15.6 Å². The highest BCUT2D eigenvalue weighted by Crippen LogP contribution is 2.31. The Balaban J connectivity index is 1.85. The lowest BCUT2D eigenvalue weighted by atomic mass is 9.84. The number of nitrogens with zero attached hydrogens (tertiary/aromatic N) is 2. The summed E-state index contributed by atoms with van der Waals surface area (Å²) in [6.07, 6.45) is -1.51. The van der Waals surface area contributed by atoms with Gasteiger partial charge in [-0.15, -0.1) is 0 Å². The Kier molecular flexibility index (Phi) is 7.66. The number of aliphatic hydroxyl groups is 1. The van der Waals surface area contributed by atoms with E-state index in [9.17, 15) is 18.3 Å². The molecule has 0 amide bonds. The van der Waals surface area contributed by atoms with Crippen molar-refractivity contribution < 1.29 is 27.8 Å². The fraction of sp³-hybridized carbons (Fsp3) is 0.647. The van der Waals surface area contributed by atoms with E-state index in [1.54, 1.807) is 13.1 Å². The maximum atomic E-state index is 12.2. The number of guanidine groups is 1. The quantitative estimate of drug-likeness (QED) is 0.460. The minimum Gasteiger partial charge on any atom is -0.468 e. The molecule has 1 fully saturated rings. The first-order valence-corrected chi connectivity index (χ1v) is 8.63. The second kappa shape index (κ2) is 9.75. The number of pyridine rings is 1. The van der Waals surface area contributed by atoms with Gasteiger partial charge in [-0.05, 0) is 24.5 Å². The van der Waals surface area contributed by atoms with E-state index in [-0.39, 0.29) is 17.9 Å². The number of ether oxygens (including phenoxy) is 2. The summed E-state index contributed by atoms with van der Waals surface area (Å²) >= 11 is 0. The number of rotatable bonds is 8. The lowest BCUT2D eigenvalue weighted by Gasteiger charge is -2.27. The zero-order chi connectivity index (χ0) is 19.8. The normalized spacial score (nSPS) is 20.6. The molecule has 0 radical (unpaired) electrons. The molecule has 1 atom stereocenters. The highest BCUT2D eigenvalue weighted by molar-refractivity contribution is 5.79. The van der Waals surface area contributed by atoms with E-state index in [0.717, 1.165) is 6.42 Å². The molecule has 27 heavy (non-hydrogen) atoms. The molecule has 7 nitrogen and oxygen atoms in total. The minimum absolute atomic E-state index is 0.0837. The van der Waals surface area contributed by atoms with Crippen LogP contribution in [0.1, 0.15) is 18.4 Å². The standard InChI is InChI=1S/C17H25F3N4O3/c1-21-15(24-10-16(3-6-25)4-7-26-11-16)23-9-13-2-5-22-14(8-13)27-12-17(18,19)20/h2,5,8,25H,3-4,6-7,9-12H2,1H3,(H2,21,23,24). The fourth-order valence-corrected chi connectivity index (χ4v) is 2.78. The molecule has 2 rings (SSSR count). The molecule has 1 unspecified atom stereocenters. The van der Waals surface area contributed by atoms with Crippen molar-refractivity contribution in [3.05, 3.63) is 23.9 Å². The Labute approximate surface area is 156 Å². The molecule has 1 aliphatic heterocycles. The Bertz CT molecular complexity index is 620. The van der Waals surface area contributed by atoms with Crippen LogP contribution in [0.4, 0.5) is 13.2 Å². The molecule has 0 saturated carbocycles. The topological polar surface area (TPSA) is 88.0 Å². The first-order valence-electron chi connectivity index (χ1n) is 8.63. The summed E-state index contributed by atoms with van der Waals surface area (Å²) in [4.78, 5) is 7.92. The van der Waals surface area contributed by atoms with Crippen LogP contribution < -0.4 is 15.4 Å². The van der Waals surface area contributed by atoms with Gasteiger partial charge in [0.15, 0.2) is 12.6 Å². The van der Waals surface area contributed by atoms with Crippen LogP contribution in [-0.2, 0) is 11.3 Å². The number of alkyl halides is 3. The van der Waals surface area contributed by atoms with Crippen molar-refractivity contribution in [2.75, 3.05) is 40.0 Å². The monoisotopic (exact) mass is 390 g/mol. The van der Waals surface area contributed by atoms with E-state index in [1.165, 1.54) is 12.3 Å². The van der Waals surface area contributed by atoms with Crippen molar-refractivity contribution in [2.24, 2.45) is 10.4 Å². The van der Waals surface area contributed by atoms with Gasteiger partial charge in [-0.25, -0.2) is 4.98 Å². The smallest absolute Gasteiger partial charge is 0.422 e. The van der Waals surface area contributed by atoms with Crippen LogP contribution in [0.2, 0.25) is 0 Å². The second-order valence-electron chi connectivity index (χ2n) is 6.46. The first-order chi connectivity index (χ1) is 12.9. The highest BCUT2D eigenvalue weighted by atomic mass is 19.4. The van der Waals surface area contributed by atoms with Crippen LogP contribution in [0.3, 0.4) is 0 Å². The van der Waals surface area contributed by atoms with Crippen LogP contribution >= 0.6 is 0 Å². The molecule has 1 saturated heterocycles. The summed E-state index contributed by atoms with van der Waals surface area (Å²) in [6, 6.07) is 3.13. The van der Waals surface area contributed by atoms with Gasteiger partial charge in [-0.2, -0.15) is 13.2 Å². The van der Waals surface area contributed by atoms with E-state index in [0.29, 0.717) is 44.2 Å². The Hall–Kier alpha value is -2.07. The Morgan fingerprint density at radius 1 is 1.44 bits per heavy atom. The molecule has 3 N–H and O–H groups in total. The van der Waals surface area contributed by atoms with E-state index >= 15 is 0 Å². The van der Waals surface area contributed by atoms with E-state index < -0.39 is 12.8 Å². The SMILES string of the molecule is CN=C(NCc1ccnc(OCC(F)(F)F)c1)NCC1(CCO)CCOC1. The van der Waals surface area contributed by atoms with Crippen LogP contribution in [0.15, 0.2) is 23.3 Å². The number of aromatic nitrogens is 1. The first kappa shape index (κ1) is 21.2. The molecule has 1 aromatic rings. The number of nitrogens with one attached hydrogen (secondary N) is 2. The van der Waals surface area contributed by atoms with Gasteiger partial charge in [0, 0.05) is 51.0 Å². The molecular formula is C17H25F3N4O3. The van der Waals surface area contributed by atoms with Gasteiger partial charge < -0.3 is 25.2 Å². The predicted octanol–water partition coefficient (Wildman–Crippen LogP) is 1.48. The van der Waals surface area contributed by atoms with Crippen LogP contribution in [0.25, 0.3) is 0 Å². The highest BCUT2D eigenvalue weighted by Gasteiger charge is 2.34. The minimum atomic E-state index is -4.41. The zero-order valence-electron chi connectivity index (χ0n) is 15.2. The van der Waals surface area contributed by atoms with Gasteiger partial charge in [0.2, 0.25) is 5.88 Å². The summed E-state index contributed by atoms with van der Waals surface area (Å²) in [5.41, 5.74) is 0.584. The van der Waals surface area contributed by atoms with E-state index in [1.807, 2.05) is 0 Å². The van der Waals surface area contributed by atoms with E-state index in [4.69, 9.17) is 4.74 Å². The van der Waals surface area contributed by atoms with Crippen molar-refractivity contribution in [3.8, 4) is 5.88 Å². The molecular weight excluding hydrogens is 365 g/mol. The van der Waals surface area contributed by atoms with Gasteiger partial charge in [0.05, 0.1) is 6.61 Å². The Morgan fingerprint density at radius 2 is 2.26 bits per heavy atom. The van der Waals surface area contributed by atoms with Crippen molar-refractivity contribution in [3.63, 3.8) is 0 Å². The van der Waals surface area contributed by atoms with Gasteiger partial charge >= 0.3 is 6.18 Å². The molecule has 2 heterocycles. The van der Waals surface area contributed by atoms with Crippen LogP contribution in [0, 0.1) is 5.41 Å². The third-order valence-electron chi connectivity index (χ3n) is 4.32. The molecule has 0 spiro atoms. The molecule has 152 valence electrons. The maximum absolute atomic E-state index is 12.2. The average molecular weight is 390 g/mol. The van der Waals surface area contributed by atoms with Crippen molar-refractivity contribution in [2.45, 2.75) is 25.6 Å². The predicted molar refractivity (Wildman–Crippen MR) is 93.6 cm³/mol. The van der Waals surface area contributed by atoms with Gasteiger partial charge in [0.25, 0.3) is 0 Å². The number of hydrogen-bond acceptors (Lipinski definition) is 5. The summed E-state index contributed by atoms with van der Waals surface area (Å²) < 4.78 is 46.8. The summed E-state index contributed by atoms with van der Waals surface area (Å²) in [6.45, 7) is 0.911. The second-order valence-corrected chi connectivity index (χ2v) is 6.46. The molecule has 0 aliphatic carbocycles. The number of aliphatic hydroxyl groups excluding tert-OH is 1. The van der Waals surface area contributed by atoms with Gasteiger partial charge in [0.1, 0.15) is 0 Å². The lowest BCUT2D eigenvalue weighted by molar-refractivity contribution is -0.154. The maximum Gasteiger partial charge on any atom is 0.422 e. The zero-order valence-corrected chi connectivity index (χ0v) is 15.2. The average Bonchev–Trinajstić information content (AvgIpc) is 3.09. The van der Waals surface area contributed by atoms with Crippen LogP contribution in [0.5, 0.6) is 5.88 Å². The molecule has 1 aliphatic rings. The summed E-state index contributed by atoms with van der Waals surface area (Å²) in [5, 5.41) is 15.6. The molecule has 10 heteroatoms. The lowest BCUT2D eigenvalue weighted by Crippen LogP contribution is -2.44. The van der Waals surface area contributed by atoms with Crippen molar-refractivity contribution >= 4 is 5.96 Å². The number of aliphatic imine (C=N–C) groups is 1. The summed E-state index contributed by atoms with van der Waals surface area (Å²) in [7, 11) is 1.63. The van der Waals surface area contributed by atoms with Crippen molar-refractivity contribution in [1.29, 1.82) is 0 Å². The van der Waals surface area contributed by atoms with Gasteiger partial charge in [-0.1, -0.05) is 0 Å². The number of halogens is 3. The summed E-state index contributed by atoms with van der Waals surface area (Å²) in [5.74, 6) is 0.466. The molecule has 1 aromatic heterocycles.